The Morgan fingerprint density at radius 1 is 0.771 bits per heavy atom. The first kappa shape index (κ1) is 33.4. The Labute approximate surface area is 212 Å². The zero-order chi connectivity index (χ0) is 27.4. The molecule has 6 N–H and O–H groups in total. The van der Waals surface area contributed by atoms with Gasteiger partial charge in [-0.25, -0.2) is 0 Å². The quantitative estimate of drug-likeness (QED) is 0.231. The Morgan fingerprint density at radius 3 is 1.80 bits per heavy atom. The SMILES string of the molecule is CC.CC.CC.CNc1ccc(NC(=O)c2ccc(C)cc2)c(N)c1.Cc1cc(N)cc(C=O)c1. The normalized spacial score (nSPS) is 8.60. The van der Waals surface area contributed by atoms with Crippen molar-refractivity contribution in [2.45, 2.75) is 55.4 Å². The van der Waals surface area contributed by atoms with Crippen molar-refractivity contribution in [3.8, 4) is 0 Å². The molecule has 3 aromatic carbocycles. The molecular weight excluding hydrogens is 436 g/mol. The minimum absolute atomic E-state index is 0.163. The highest BCUT2D eigenvalue weighted by molar-refractivity contribution is 6.05. The molecule has 1 amide bonds. The van der Waals surface area contributed by atoms with E-state index in [-0.39, 0.29) is 5.91 Å². The first-order valence-electron chi connectivity index (χ1n) is 12.1. The molecule has 35 heavy (non-hydrogen) atoms. The van der Waals surface area contributed by atoms with Crippen LogP contribution in [0.15, 0.2) is 60.7 Å². The van der Waals surface area contributed by atoms with Gasteiger partial charge in [-0.2, -0.15) is 0 Å². The summed E-state index contributed by atoms with van der Waals surface area (Å²) < 4.78 is 0. The number of carbonyl (C=O) groups excluding carboxylic acids is 2. The largest absolute Gasteiger partial charge is 0.399 e. The van der Waals surface area contributed by atoms with Crippen molar-refractivity contribution in [2.24, 2.45) is 0 Å². The maximum atomic E-state index is 12.0. The molecule has 3 aromatic rings. The number of aldehydes is 1. The summed E-state index contributed by atoms with van der Waals surface area (Å²) in [6, 6.07) is 18.1. The minimum Gasteiger partial charge on any atom is -0.399 e. The van der Waals surface area contributed by atoms with Gasteiger partial charge in [-0.05, 0) is 67.9 Å². The van der Waals surface area contributed by atoms with E-state index in [9.17, 15) is 9.59 Å². The number of aryl methyl sites for hydroxylation is 2. The van der Waals surface area contributed by atoms with Crippen LogP contribution in [0.3, 0.4) is 0 Å². The number of carbonyl (C=O) groups is 2. The molecule has 0 unspecified atom stereocenters. The second-order valence-corrected chi connectivity index (χ2v) is 6.67. The zero-order valence-corrected chi connectivity index (χ0v) is 22.8. The van der Waals surface area contributed by atoms with Gasteiger partial charge in [0, 0.05) is 29.5 Å². The molecule has 0 fully saturated rings. The van der Waals surface area contributed by atoms with Gasteiger partial charge in [0.05, 0.1) is 11.4 Å². The van der Waals surface area contributed by atoms with E-state index in [1.54, 1.807) is 36.4 Å². The van der Waals surface area contributed by atoms with E-state index >= 15 is 0 Å². The van der Waals surface area contributed by atoms with Gasteiger partial charge in [0.1, 0.15) is 6.29 Å². The standard InChI is InChI=1S/C15H17N3O.C8H9NO.3C2H6/c1-10-3-5-11(6-4-10)15(19)18-14-8-7-12(17-2)9-13(14)16;1-6-2-7(5-10)4-8(9)3-6;3*1-2/h3-9,17H,16H2,1-2H3,(H,18,19);2-5H,9H2,1H3;3*1-2H3. The molecule has 0 saturated carbocycles. The molecule has 0 radical (unpaired) electrons. The third-order valence-electron chi connectivity index (χ3n) is 4.16. The fourth-order valence-corrected chi connectivity index (χ4v) is 2.64. The summed E-state index contributed by atoms with van der Waals surface area (Å²) in [6.07, 6.45) is 0.795. The van der Waals surface area contributed by atoms with Crippen molar-refractivity contribution in [1.82, 2.24) is 0 Å². The van der Waals surface area contributed by atoms with Crippen molar-refractivity contribution in [3.63, 3.8) is 0 Å². The lowest BCUT2D eigenvalue weighted by Gasteiger charge is -2.10. The third kappa shape index (κ3) is 12.9. The lowest BCUT2D eigenvalue weighted by atomic mass is 10.1. The van der Waals surface area contributed by atoms with Gasteiger partial charge < -0.3 is 22.1 Å². The first-order chi connectivity index (χ1) is 16.8. The predicted octanol–water partition coefficient (Wildman–Crippen LogP) is 7.34. The highest BCUT2D eigenvalue weighted by Gasteiger charge is 2.08. The molecule has 0 aliphatic rings. The molecule has 0 aliphatic carbocycles. The summed E-state index contributed by atoms with van der Waals surface area (Å²) in [4.78, 5) is 22.3. The molecule has 0 atom stereocenters. The van der Waals surface area contributed by atoms with Crippen molar-refractivity contribution in [1.29, 1.82) is 0 Å². The average Bonchev–Trinajstić information content (AvgIpc) is 2.89. The van der Waals surface area contributed by atoms with Crippen LogP contribution in [0.2, 0.25) is 0 Å². The zero-order valence-electron chi connectivity index (χ0n) is 22.8. The van der Waals surface area contributed by atoms with Gasteiger partial charge in [0.2, 0.25) is 0 Å². The van der Waals surface area contributed by atoms with E-state index in [1.807, 2.05) is 86.7 Å². The van der Waals surface area contributed by atoms with Gasteiger partial charge in [-0.15, -0.1) is 0 Å². The fraction of sp³-hybridized carbons (Fsp3) is 0.310. The van der Waals surface area contributed by atoms with Gasteiger partial charge >= 0.3 is 0 Å². The van der Waals surface area contributed by atoms with Crippen LogP contribution < -0.4 is 22.1 Å². The molecular formula is C29H44N4O2. The summed E-state index contributed by atoms with van der Waals surface area (Å²) in [5.74, 6) is -0.163. The van der Waals surface area contributed by atoms with Crippen LogP contribution in [0, 0.1) is 13.8 Å². The van der Waals surface area contributed by atoms with Gasteiger partial charge in [-0.3, -0.25) is 9.59 Å². The molecule has 0 saturated heterocycles. The fourth-order valence-electron chi connectivity index (χ4n) is 2.64. The van der Waals surface area contributed by atoms with E-state index in [4.69, 9.17) is 11.5 Å². The van der Waals surface area contributed by atoms with Crippen LogP contribution in [0.1, 0.15) is 73.4 Å². The molecule has 6 nitrogen and oxygen atoms in total. The molecule has 0 aromatic heterocycles. The number of rotatable bonds is 4. The van der Waals surface area contributed by atoms with Crippen molar-refractivity contribution in [2.75, 3.05) is 29.1 Å². The number of nitrogen functional groups attached to an aromatic ring is 2. The van der Waals surface area contributed by atoms with Gasteiger partial charge in [0.25, 0.3) is 5.91 Å². The second kappa shape index (κ2) is 19.6. The number of amides is 1. The monoisotopic (exact) mass is 480 g/mol. The number of nitrogens with two attached hydrogens (primary N) is 2. The van der Waals surface area contributed by atoms with Crippen LogP contribution in [0.4, 0.5) is 22.7 Å². The lowest BCUT2D eigenvalue weighted by molar-refractivity contribution is 0.102. The van der Waals surface area contributed by atoms with E-state index in [0.29, 0.717) is 28.2 Å². The van der Waals surface area contributed by atoms with Crippen molar-refractivity contribution >= 4 is 34.9 Å². The van der Waals surface area contributed by atoms with Gasteiger partial charge in [0.15, 0.2) is 0 Å². The van der Waals surface area contributed by atoms with Gasteiger partial charge in [-0.1, -0.05) is 59.2 Å². The molecule has 3 rings (SSSR count). The van der Waals surface area contributed by atoms with Crippen LogP contribution >= 0.6 is 0 Å². The van der Waals surface area contributed by atoms with Crippen LogP contribution in [0.5, 0.6) is 0 Å². The van der Waals surface area contributed by atoms with E-state index in [1.165, 1.54) is 0 Å². The summed E-state index contributed by atoms with van der Waals surface area (Å²) in [7, 11) is 1.82. The Morgan fingerprint density at radius 2 is 1.34 bits per heavy atom. The van der Waals surface area contributed by atoms with Crippen LogP contribution in [-0.2, 0) is 0 Å². The number of hydrogen-bond donors (Lipinski definition) is 4. The first-order valence-corrected chi connectivity index (χ1v) is 12.1. The molecule has 0 aliphatic heterocycles. The summed E-state index contributed by atoms with van der Waals surface area (Å²) >= 11 is 0. The van der Waals surface area contributed by atoms with E-state index in [0.717, 1.165) is 23.1 Å². The van der Waals surface area contributed by atoms with Crippen molar-refractivity contribution < 1.29 is 9.59 Å². The molecule has 0 bridgehead atoms. The maximum Gasteiger partial charge on any atom is 0.255 e. The second-order valence-electron chi connectivity index (χ2n) is 6.67. The number of nitrogens with one attached hydrogen (secondary N) is 2. The Balaban J connectivity index is 0. The highest BCUT2D eigenvalue weighted by atomic mass is 16.1. The van der Waals surface area contributed by atoms with Crippen molar-refractivity contribution in [3.05, 3.63) is 82.9 Å². The molecule has 0 heterocycles. The Hall–Kier alpha value is -3.80. The summed E-state index contributed by atoms with van der Waals surface area (Å²) in [5.41, 5.74) is 17.5. The van der Waals surface area contributed by atoms with E-state index in [2.05, 4.69) is 10.6 Å². The number of benzene rings is 3. The Bertz CT molecular complexity index is 980. The molecule has 6 heteroatoms. The van der Waals surface area contributed by atoms with Crippen LogP contribution in [-0.4, -0.2) is 19.2 Å². The maximum absolute atomic E-state index is 12.0. The molecule has 0 spiro atoms. The highest BCUT2D eigenvalue weighted by Crippen LogP contribution is 2.23. The summed E-state index contributed by atoms with van der Waals surface area (Å²) in [5, 5.41) is 5.80. The number of anilines is 4. The summed E-state index contributed by atoms with van der Waals surface area (Å²) in [6.45, 7) is 15.9. The lowest BCUT2D eigenvalue weighted by Crippen LogP contribution is -2.13. The number of hydrogen-bond acceptors (Lipinski definition) is 5. The minimum atomic E-state index is -0.163. The topological polar surface area (TPSA) is 110 Å². The third-order valence-corrected chi connectivity index (χ3v) is 4.16. The Kier molecular flexibility index (Phi) is 18.7. The molecule has 192 valence electrons. The predicted molar refractivity (Wildman–Crippen MR) is 155 cm³/mol. The average molecular weight is 481 g/mol. The smallest absolute Gasteiger partial charge is 0.255 e. The van der Waals surface area contributed by atoms with Crippen LogP contribution in [0.25, 0.3) is 0 Å². The van der Waals surface area contributed by atoms with E-state index < -0.39 is 0 Å².